The van der Waals surface area contributed by atoms with Gasteiger partial charge in [-0.3, -0.25) is 4.21 Å². The number of rotatable bonds is 6. The lowest BCUT2D eigenvalue weighted by molar-refractivity contribution is 0.672. The van der Waals surface area contributed by atoms with Crippen molar-refractivity contribution in [3.8, 4) is 0 Å². The largest absolute Gasteiger partial charge is 0.370 e. The molecule has 0 bridgehead atoms. The van der Waals surface area contributed by atoms with Crippen molar-refractivity contribution in [2.24, 2.45) is 0 Å². The highest BCUT2D eigenvalue weighted by Gasteiger charge is 2.08. The van der Waals surface area contributed by atoms with Gasteiger partial charge in [-0.2, -0.15) is 0 Å². The average molecular weight is 269 g/mol. The summed E-state index contributed by atoms with van der Waals surface area (Å²) < 4.78 is 11.2. The fourth-order valence-corrected chi connectivity index (χ4v) is 1.96. The van der Waals surface area contributed by atoms with Crippen molar-refractivity contribution in [2.45, 2.75) is 45.3 Å². The molecule has 18 heavy (non-hydrogen) atoms. The van der Waals surface area contributed by atoms with Crippen LogP contribution in [0.3, 0.4) is 0 Å². The summed E-state index contributed by atoms with van der Waals surface area (Å²) in [5, 5.41) is 3.49. The number of aromatic nitrogens is 2. The molecule has 1 rings (SSSR count). The van der Waals surface area contributed by atoms with Crippen molar-refractivity contribution in [1.82, 2.24) is 9.97 Å². The molecule has 0 radical (unpaired) electrons. The van der Waals surface area contributed by atoms with E-state index in [1.54, 1.807) is 6.26 Å². The molecule has 0 aromatic carbocycles. The maximum atomic E-state index is 11.2. The summed E-state index contributed by atoms with van der Waals surface area (Å²) in [7, 11) is -0.757. The molecule has 0 amide bonds. The summed E-state index contributed by atoms with van der Waals surface area (Å²) in [6, 6.07) is 1.94. The molecule has 1 N–H and O–H groups in total. The van der Waals surface area contributed by atoms with Crippen LogP contribution in [-0.2, 0) is 10.8 Å². The molecule has 0 saturated carbocycles. The molecule has 2 unspecified atom stereocenters. The summed E-state index contributed by atoms with van der Waals surface area (Å²) in [4.78, 5) is 8.88. The van der Waals surface area contributed by atoms with Gasteiger partial charge in [0.05, 0.1) is 0 Å². The third kappa shape index (κ3) is 4.72. The van der Waals surface area contributed by atoms with Crippen LogP contribution in [0.1, 0.15) is 44.6 Å². The van der Waals surface area contributed by atoms with Gasteiger partial charge in [-0.25, -0.2) is 9.97 Å². The molecule has 1 heterocycles. The Labute approximate surface area is 112 Å². The maximum Gasteiger partial charge on any atom is 0.133 e. The Bertz CT molecular complexity index is 421. The van der Waals surface area contributed by atoms with Crippen LogP contribution in [-0.4, -0.2) is 32.2 Å². The highest BCUT2D eigenvalue weighted by Crippen LogP contribution is 2.13. The second-order valence-electron chi connectivity index (χ2n) is 4.93. The molecule has 1 aromatic heterocycles. The molecule has 2 atom stereocenters. The first kappa shape index (κ1) is 15.1. The van der Waals surface area contributed by atoms with Crippen molar-refractivity contribution in [3.05, 3.63) is 17.6 Å². The second kappa shape index (κ2) is 6.83. The molecule has 1 aromatic rings. The summed E-state index contributed by atoms with van der Waals surface area (Å²) in [5.74, 6) is 2.05. The number of nitrogens with one attached hydrogen (secondary N) is 1. The molecule has 0 spiro atoms. The molecule has 0 aliphatic heterocycles. The van der Waals surface area contributed by atoms with Gasteiger partial charge in [0.15, 0.2) is 0 Å². The fraction of sp³-hybridized carbons (Fsp3) is 0.692. The minimum atomic E-state index is -0.757. The molecule has 0 fully saturated rings. The van der Waals surface area contributed by atoms with E-state index in [0.29, 0.717) is 5.92 Å². The zero-order chi connectivity index (χ0) is 13.7. The molecular weight excluding hydrogens is 246 g/mol. The van der Waals surface area contributed by atoms with Crippen molar-refractivity contribution < 1.29 is 4.21 Å². The Hall–Kier alpha value is -0.970. The van der Waals surface area contributed by atoms with Crippen LogP contribution in [0.25, 0.3) is 0 Å². The number of anilines is 1. The van der Waals surface area contributed by atoms with Gasteiger partial charge in [0.2, 0.25) is 0 Å². The average Bonchev–Trinajstić information content (AvgIpc) is 2.27. The monoisotopic (exact) mass is 269 g/mol. The Kier molecular flexibility index (Phi) is 5.72. The van der Waals surface area contributed by atoms with Gasteiger partial charge in [-0.05, 0) is 13.3 Å². The van der Waals surface area contributed by atoms with Gasteiger partial charge < -0.3 is 5.32 Å². The van der Waals surface area contributed by atoms with Crippen LogP contribution >= 0.6 is 0 Å². The highest BCUT2D eigenvalue weighted by atomic mass is 32.2. The van der Waals surface area contributed by atoms with E-state index in [9.17, 15) is 4.21 Å². The van der Waals surface area contributed by atoms with Crippen molar-refractivity contribution in [3.63, 3.8) is 0 Å². The smallest absolute Gasteiger partial charge is 0.133 e. The van der Waals surface area contributed by atoms with Gasteiger partial charge >= 0.3 is 0 Å². The third-order valence-electron chi connectivity index (χ3n) is 2.81. The van der Waals surface area contributed by atoms with E-state index >= 15 is 0 Å². The van der Waals surface area contributed by atoms with E-state index in [-0.39, 0.29) is 5.25 Å². The second-order valence-corrected chi connectivity index (χ2v) is 6.73. The van der Waals surface area contributed by atoms with Gasteiger partial charge in [-0.1, -0.05) is 20.8 Å². The molecule has 0 aliphatic carbocycles. The number of nitrogens with zero attached hydrogens (tertiary/aromatic N) is 2. The SMILES string of the molecule is Cc1cc(NCCC(C)S(C)=O)nc(C(C)C)n1. The van der Waals surface area contributed by atoms with Crippen molar-refractivity contribution in [1.29, 1.82) is 0 Å². The van der Waals surface area contributed by atoms with E-state index in [1.807, 2.05) is 19.9 Å². The van der Waals surface area contributed by atoms with Crippen LogP contribution in [0.4, 0.5) is 5.82 Å². The highest BCUT2D eigenvalue weighted by molar-refractivity contribution is 7.84. The lowest BCUT2D eigenvalue weighted by atomic mass is 10.2. The normalized spacial score (nSPS) is 14.6. The van der Waals surface area contributed by atoms with E-state index in [2.05, 4.69) is 29.1 Å². The molecule has 0 saturated heterocycles. The Morgan fingerprint density at radius 2 is 2.00 bits per heavy atom. The predicted molar refractivity (Wildman–Crippen MR) is 77.5 cm³/mol. The number of hydrogen-bond donors (Lipinski definition) is 1. The Balaban J connectivity index is 2.59. The van der Waals surface area contributed by atoms with Gasteiger partial charge in [-0.15, -0.1) is 0 Å². The van der Waals surface area contributed by atoms with Crippen LogP contribution < -0.4 is 5.32 Å². The molecular formula is C13H23N3OS. The molecule has 0 aliphatic rings. The van der Waals surface area contributed by atoms with E-state index in [4.69, 9.17) is 0 Å². The van der Waals surface area contributed by atoms with Crippen molar-refractivity contribution in [2.75, 3.05) is 18.1 Å². The van der Waals surface area contributed by atoms with E-state index in [1.165, 1.54) is 0 Å². The topological polar surface area (TPSA) is 54.9 Å². The summed E-state index contributed by atoms with van der Waals surface area (Å²) in [6.45, 7) is 8.93. The first-order chi connectivity index (χ1) is 8.40. The van der Waals surface area contributed by atoms with Gasteiger partial charge in [0.25, 0.3) is 0 Å². The standard InChI is InChI=1S/C13H23N3OS/c1-9(2)13-15-10(3)8-12(16-13)14-7-6-11(4)18(5)17/h8-9,11H,6-7H2,1-5H3,(H,14,15,16). The minimum absolute atomic E-state index is 0.213. The summed E-state index contributed by atoms with van der Waals surface area (Å²) in [5.41, 5.74) is 0.975. The zero-order valence-corrected chi connectivity index (χ0v) is 12.7. The van der Waals surface area contributed by atoms with Crippen LogP contribution in [0.2, 0.25) is 0 Å². The molecule has 4 nitrogen and oxygen atoms in total. The fourth-order valence-electron chi connectivity index (χ4n) is 1.51. The lowest BCUT2D eigenvalue weighted by Crippen LogP contribution is -2.16. The number of hydrogen-bond acceptors (Lipinski definition) is 4. The number of aryl methyl sites for hydroxylation is 1. The van der Waals surface area contributed by atoms with E-state index < -0.39 is 10.8 Å². The Morgan fingerprint density at radius 1 is 1.33 bits per heavy atom. The molecule has 5 heteroatoms. The lowest BCUT2D eigenvalue weighted by Gasteiger charge is -2.12. The van der Waals surface area contributed by atoms with Crippen molar-refractivity contribution >= 4 is 16.6 Å². The predicted octanol–water partition coefficient (Wildman–Crippen LogP) is 2.48. The maximum absolute atomic E-state index is 11.2. The van der Waals surface area contributed by atoms with Gasteiger partial charge in [0.1, 0.15) is 11.6 Å². The van der Waals surface area contributed by atoms with Crippen LogP contribution in [0, 0.1) is 6.92 Å². The first-order valence-corrected chi connectivity index (χ1v) is 7.94. The molecule has 102 valence electrons. The van der Waals surface area contributed by atoms with Crippen LogP contribution in [0.15, 0.2) is 6.07 Å². The first-order valence-electron chi connectivity index (χ1n) is 6.31. The third-order valence-corrected chi connectivity index (χ3v) is 4.18. The summed E-state index contributed by atoms with van der Waals surface area (Å²) >= 11 is 0. The van der Waals surface area contributed by atoms with Gasteiger partial charge in [0, 0.05) is 46.5 Å². The minimum Gasteiger partial charge on any atom is -0.370 e. The summed E-state index contributed by atoms with van der Waals surface area (Å²) in [6.07, 6.45) is 2.62. The van der Waals surface area contributed by atoms with E-state index in [0.717, 1.165) is 30.3 Å². The Morgan fingerprint density at radius 3 is 2.56 bits per heavy atom. The van der Waals surface area contributed by atoms with Crippen LogP contribution in [0.5, 0.6) is 0 Å². The zero-order valence-electron chi connectivity index (χ0n) is 11.9. The quantitative estimate of drug-likeness (QED) is 0.862.